The second-order valence-electron chi connectivity index (χ2n) is 4.57. The van der Waals surface area contributed by atoms with Crippen molar-refractivity contribution in [2.45, 2.75) is 38.6 Å². The molecule has 0 fully saturated rings. The lowest BCUT2D eigenvalue weighted by Crippen LogP contribution is -2.28. The average molecular weight is 304 g/mol. The maximum atomic E-state index is 14.2. The highest BCUT2D eigenvalue weighted by molar-refractivity contribution is 9.10. The highest BCUT2D eigenvalue weighted by Gasteiger charge is 2.31. The molecule has 17 heavy (non-hydrogen) atoms. The molecule has 0 bridgehead atoms. The Labute approximate surface area is 109 Å². The topological polar surface area (TPSA) is 12.0 Å². The molecule has 0 heterocycles. The molecular formula is C13H16BrF2N. The van der Waals surface area contributed by atoms with Crippen LogP contribution in [-0.2, 0) is 0 Å². The van der Waals surface area contributed by atoms with Gasteiger partial charge in [-0.15, -0.1) is 0 Å². The Kier molecular flexibility index (Phi) is 3.83. The van der Waals surface area contributed by atoms with Crippen molar-refractivity contribution in [1.82, 2.24) is 5.32 Å². The number of hydrogen-bond acceptors (Lipinski definition) is 1. The molecule has 0 spiro atoms. The van der Waals surface area contributed by atoms with E-state index in [0.717, 1.165) is 19.4 Å². The fourth-order valence-corrected chi connectivity index (χ4v) is 3.04. The van der Waals surface area contributed by atoms with Crippen LogP contribution in [0.1, 0.15) is 49.8 Å². The van der Waals surface area contributed by atoms with E-state index in [9.17, 15) is 8.78 Å². The maximum Gasteiger partial charge on any atom is 0.142 e. The van der Waals surface area contributed by atoms with Crippen molar-refractivity contribution in [2.24, 2.45) is 0 Å². The molecule has 1 aliphatic rings. The van der Waals surface area contributed by atoms with Gasteiger partial charge in [0.2, 0.25) is 0 Å². The lowest BCUT2D eigenvalue weighted by molar-refractivity contribution is 0.405. The normalized spacial score (nSPS) is 23.6. The van der Waals surface area contributed by atoms with Gasteiger partial charge in [0.15, 0.2) is 0 Å². The zero-order valence-electron chi connectivity index (χ0n) is 9.99. The van der Waals surface area contributed by atoms with E-state index in [0.29, 0.717) is 11.1 Å². The summed E-state index contributed by atoms with van der Waals surface area (Å²) in [5.74, 6) is -0.537. The summed E-state index contributed by atoms with van der Waals surface area (Å²) in [6.07, 6.45) is 1.75. The summed E-state index contributed by atoms with van der Waals surface area (Å²) in [6.45, 7) is 4.69. The first-order chi connectivity index (χ1) is 8.06. The summed E-state index contributed by atoms with van der Waals surface area (Å²) in [5.41, 5.74) is 1.06. The van der Waals surface area contributed by atoms with Crippen LogP contribution < -0.4 is 5.32 Å². The van der Waals surface area contributed by atoms with Gasteiger partial charge >= 0.3 is 0 Å². The Morgan fingerprint density at radius 1 is 1.35 bits per heavy atom. The van der Waals surface area contributed by atoms with Crippen LogP contribution in [0.5, 0.6) is 0 Å². The molecule has 1 aromatic rings. The molecular weight excluding hydrogens is 288 g/mol. The third kappa shape index (κ3) is 2.25. The number of nitrogens with one attached hydrogen (secondary N) is 1. The van der Waals surface area contributed by atoms with Crippen molar-refractivity contribution >= 4 is 15.9 Å². The molecule has 1 nitrogen and oxygen atoms in total. The number of hydrogen-bond donors (Lipinski definition) is 1. The standard InChI is InChI=1S/C13H16BrF2N/c1-3-17-10-5-4-7(2)11-9(15)6-8(14)13(16)12(10)11/h6-7,10,17H,3-5H2,1-2H3. The summed E-state index contributed by atoms with van der Waals surface area (Å²) >= 11 is 3.08. The van der Waals surface area contributed by atoms with Gasteiger partial charge < -0.3 is 5.32 Å². The number of fused-ring (bicyclic) bond motifs is 1. The van der Waals surface area contributed by atoms with E-state index in [1.807, 2.05) is 13.8 Å². The molecule has 0 amide bonds. The van der Waals surface area contributed by atoms with E-state index in [-0.39, 0.29) is 28.1 Å². The van der Waals surface area contributed by atoms with E-state index in [2.05, 4.69) is 21.2 Å². The number of halogens is 3. The van der Waals surface area contributed by atoms with Crippen LogP contribution in [0.2, 0.25) is 0 Å². The maximum absolute atomic E-state index is 14.2. The van der Waals surface area contributed by atoms with E-state index in [1.165, 1.54) is 6.07 Å². The lowest BCUT2D eigenvalue weighted by Gasteiger charge is -2.31. The molecule has 4 heteroatoms. The number of benzene rings is 1. The molecule has 2 rings (SSSR count). The second-order valence-corrected chi connectivity index (χ2v) is 5.42. The zero-order valence-corrected chi connectivity index (χ0v) is 11.6. The molecule has 0 aromatic heterocycles. The first-order valence-corrected chi connectivity index (χ1v) is 6.76. The number of rotatable bonds is 2. The van der Waals surface area contributed by atoms with Crippen molar-refractivity contribution in [3.05, 3.63) is 33.3 Å². The summed E-state index contributed by atoms with van der Waals surface area (Å²) in [5, 5.41) is 3.23. The predicted octanol–water partition coefficient (Wildman–Crippen LogP) is 4.28. The summed E-state index contributed by atoms with van der Waals surface area (Å²) in [6, 6.07) is 1.16. The Morgan fingerprint density at radius 3 is 2.71 bits per heavy atom. The van der Waals surface area contributed by atoms with Crippen LogP contribution in [-0.4, -0.2) is 6.54 Å². The van der Waals surface area contributed by atoms with Gasteiger partial charge in [0.25, 0.3) is 0 Å². The Morgan fingerprint density at radius 2 is 2.06 bits per heavy atom. The van der Waals surface area contributed by atoms with Crippen LogP contribution in [0, 0.1) is 11.6 Å². The monoisotopic (exact) mass is 303 g/mol. The van der Waals surface area contributed by atoms with Crippen molar-refractivity contribution in [1.29, 1.82) is 0 Å². The minimum absolute atomic E-state index is 0.0711. The van der Waals surface area contributed by atoms with Crippen molar-refractivity contribution in [2.75, 3.05) is 6.54 Å². The minimum Gasteiger partial charge on any atom is -0.310 e. The smallest absolute Gasteiger partial charge is 0.142 e. The van der Waals surface area contributed by atoms with E-state index >= 15 is 0 Å². The fraction of sp³-hybridized carbons (Fsp3) is 0.538. The highest BCUT2D eigenvalue weighted by Crippen LogP contribution is 2.42. The third-order valence-electron chi connectivity index (χ3n) is 3.43. The van der Waals surface area contributed by atoms with Gasteiger partial charge in [-0.3, -0.25) is 0 Å². The Balaban J connectivity index is 2.59. The van der Waals surface area contributed by atoms with Gasteiger partial charge in [-0.1, -0.05) is 13.8 Å². The predicted molar refractivity (Wildman–Crippen MR) is 68.1 cm³/mol. The Hall–Kier alpha value is -0.480. The largest absolute Gasteiger partial charge is 0.310 e. The summed E-state index contributed by atoms with van der Waals surface area (Å²) in [4.78, 5) is 0. The van der Waals surface area contributed by atoms with Crippen LogP contribution in [0.25, 0.3) is 0 Å². The molecule has 94 valence electrons. The van der Waals surface area contributed by atoms with E-state index in [1.54, 1.807) is 0 Å². The van der Waals surface area contributed by atoms with Crippen LogP contribution >= 0.6 is 15.9 Å². The fourth-order valence-electron chi connectivity index (χ4n) is 2.63. The molecule has 2 atom stereocenters. The van der Waals surface area contributed by atoms with Gasteiger partial charge in [-0.05, 0) is 52.9 Å². The van der Waals surface area contributed by atoms with Gasteiger partial charge in [0.1, 0.15) is 11.6 Å². The summed E-state index contributed by atoms with van der Waals surface area (Å²) < 4.78 is 28.3. The van der Waals surface area contributed by atoms with E-state index < -0.39 is 0 Å². The van der Waals surface area contributed by atoms with Crippen molar-refractivity contribution in [3.8, 4) is 0 Å². The van der Waals surface area contributed by atoms with Crippen LogP contribution in [0.3, 0.4) is 0 Å². The highest BCUT2D eigenvalue weighted by atomic mass is 79.9. The quantitative estimate of drug-likeness (QED) is 0.804. The van der Waals surface area contributed by atoms with Gasteiger partial charge in [0.05, 0.1) is 4.47 Å². The van der Waals surface area contributed by atoms with E-state index in [4.69, 9.17) is 0 Å². The second kappa shape index (κ2) is 5.02. The molecule has 1 N–H and O–H groups in total. The lowest BCUT2D eigenvalue weighted by atomic mass is 9.80. The van der Waals surface area contributed by atoms with Crippen molar-refractivity contribution < 1.29 is 8.78 Å². The Bertz CT molecular complexity index is 434. The SMILES string of the molecule is CCNC1CCC(C)c2c(F)cc(Br)c(F)c21. The molecule has 1 aliphatic carbocycles. The van der Waals surface area contributed by atoms with Gasteiger partial charge in [0, 0.05) is 11.6 Å². The molecule has 2 unspecified atom stereocenters. The molecule has 0 aliphatic heterocycles. The zero-order chi connectivity index (χ0) is 12.6. The first-order valence-electron chi connectivity index (χ1n) is 5.96. The molecule has 0 saturated heterocycles. The molecule has 0 saturated carbocycles. The van der Waals surface area contributed by atoms with Crippen LogP contribution in [0.15, 0.2) is 10.5 Å². The van der Waals surface area contributed by atoms with Crippen molar-refractivity contribution in [3.63, 3.8) is 0 Å². The average Bonchev–Trinajstić information content (AvgIpc) is 2.28. The molecule has 0 radical (unpaired) electrons. The summed E-state index contributed by atoms with van der Waals surface area (Å²) in [7, 11) is 0. The van der Waals surface area contributed by atoms with Crippen LogP contribution in [0.4, 0.5) is 8.78 Å². The van der Waals surface area contributed by atoms with Gasteiger partial charge in [-0.2, -0.15) is 0 Å². The van der Waals surface area contributed by atoms with Gasteiger partial charge in [-0.25, -0.2) is 8.78 Å². The third-order valence-corrected chi connectivity index (χ3v) is 4.00. The minimum atomic E-state index is -0.320. The molecule has 1 aromatic carbocycles. The first kappa shape index (κ1) is 13.0.